The smallest absolute Gasteiger partial charge is 0.266 e. The van der Waals surface area contributed by atoms with Gasteiger partial charge in [-0.2, -0.15) is 10.2 Å². The summed E-state index contributed by atoms with van der Waals surface area (Å²) < 4.78 is 5.56. The molecular weight excluding hydrogens is 372 g/mol. The van der Waals surface area contributed by atoms with Gasteiger partial charge in [-0.05, 0) is 30.6 Å². The fraction of sp³-hybridized carbons (Fsp3) is 0.0500. The molecule has 2 aromatic carbocycles. The predicted octanol–water partition coefficient (Wildman–Crippen LogP) is 3.46. The first-order valence-electron chi connectivity index (χ1n) is 8.55. The molecule has 8 heteroatoms. The van der Waals surface area contributed by atoms with E-state index in [2.05, 4.69) is 20.1 Å². The third-order valence-corrected chi connectivity index (χ3v) is 4.86. The summed E-state index contributed by atoms with van der Waals surface area (Å²) in [5, 5.41) is 12.6. The molecule has 0 aliphatic heterocycles. The summed E-state index contributed by atoms with van der Waals surface area (Å²) >= 11 is 1.04. The summed E-state index contributed by atoms with van der Waals surface area (Å²) in [5.74, 6) is -0.333. The summed E-state index contributed by atoms with van der Waals surface area (Å²) in [6.07, 6.45) is 3.48. The van der Waals surface area contributed by atoms with E-state index >= 15 is 0 Å². The minimum Gasteiger partial charge on any atom is -0.266 e. The number of hydrogen-bond donors (Lipinski definition) is 1. The van der Waals surface area contributed by atoms with Crippen LogP contribution in [0.4, 0.5) is 0 Å². The molecule has 0 aliphatic carbocycles. The summed E-state index contributed by atoms with van der Waals surface area (Å²) in [5.41, 5.74) is 6.58. The molecular formula is C20H16N6OS. The highest BCUT2D eigenvalue weighted by molar-refractivity contribution is 7.07. The van der Waals surface area contributed by atoms with Gasteiger partial charge in [0.05, 0.1) is 17.6 Å². The Morgan fingerprint density at radius 3 is 2.50 bits per heavy atom. The quantitative estimate of drug-likeness (QED) is 0.419. The van der Waals surface area contributed by atoms with E-state index in [4.69, 9.17) is 5.10 Å². The van der Waals surface area contributed by atoms with Crippen LogP contribution >= 0.6 is 11.5 Å². The van der Waals surface area contributed by atoms with Gasteiger partial charge in [-0.3, -0.25) is 4.79 Å². The number of nitrogens with zero attached hydrogens (tertiary/aromatic N) is 5. The average molecular weight is 388 g/mol. The SMILES string of the molecule is Cc1nnsc1C(=O)N/N=C/c1cn(-c2ccccc2)nc1-c1ccccc1. The third-order valence-electron chi connectivity index (χ3n) is 4.04. The van der Waals surface area contributed by atoms with E-state index in [9.17, 15) is 4.79 Å². The number of amides is 1. The summed E-state index contributed by atoms with van der Waals surface area (Å²) in [6, 6.07) is 19.7. The van der Waals surface area contributed by atoms with Crippen LogP contribution in [0.2, 0.25) is 0 Å². The van der Waals surface area contributed by atoms with Crippen molar-refractivity contribution in [2.45, 2.75) is 6.92 Å². The molecule has 7 nitrogen and oxygen atoms in total. The number of aromatic nitrogens is 4. The van der Waals surface area contributed by atoms with Gasteiger partial charge in [-0.15, -0.1) is 5.10 Å². The Balaban J connectivity index is 1.64. The van der Waals surface area contributed by atoms with Crippen molar-refractivity contribution in [2.75, 3.05) is 0 Å². The zero-order valence-electron chi connectivity index (χ0n) is 15.0. The van der Waals surface area contributed by atoms with Gasteiger partial charge in [0.25, 0.3) is 5.91 Å². The Bertz CT molecular complexity index is 1120. The van der Waals surface area contributed by atoms with Gasteiger partial charge >= 0.3 is 0 Å². The van der Waals surface area contributed by atoms with Crippen LogP contribution in [0.15, 0.2) is 72.0 Å². The number of aryl methyl sites for hydroxylation is 1. The molecule has 0 saturated heterocycles. The summed E-state index contributed by atoms with van der Waals surface area (Å²) in [4.78, 5) is 12.6. The molecule has 28 heavy (non-hydrogen) atoms. The van der Waals surface area contributed by atoms with Gasteiger partial charge in [0.15, 0.2) is 0 Å². The number of rotatable bonds is 5. The van der Waals surface area contributed by atoms with E-state index in [0.29, 0.717) is 10.6 Å². The zero-order chi connectivity index (χ0) is 19.3. The van der Waals surface area contributed by atoms with Crippen LogP contribution in [0.5, 0.6) is 0 Å². The lowest BCUT2D eigenvalue weighted by Gasteiger charge is -2.00. The minimum atomic E-state index is -0.333. The highest BCUT2D eigenvalue weighted by Crippen LogP contribution is 2.22. The van der Waals surface area contributed by atoms with Crippen molar-refractivity contribution in [3.63, 3.8) is 0 Å². The van der Waals surface area contributed by atoms with E-state index in [1.54, 1.807) is 17.8 Å². The van der Waals surface area contributed by atoms with Gasteiger partial charge in [-0.1, -0.05) is 53.0 Å². The lowest BCUT2D eigenvalue weighted by molar-refractivity contribution is 0.0958. The second kappa shape index (κ2) is 7.93. The highest BCUT2D eigenvalue weighted by Gasteiger charge is 2.13. The van der Waals surface area contributed by atoms with Crippen LogP contribution < -0.4 is 5.43 Å². The molecule has 1 amide bonds. The number of nitrogens with one attached hydrogen (secondary N) is 1. The van der Waals surface area contributed by atoms with E-state index in [0.717, 1.165) is 34.0 Å². The Kier molecular flexibility index (Phi) is 5.03. The molecule has 0 radical (unpaired) electrons. The Hall–Kier alpha value is -3.65. The molecule has 0 unspecified atom stereocenters. The predicted molar refractivity (Wildman–Crippen MR) is 109 cm³/mol. The topological polar surface area (TPSA) is 85.1 Å². The second-order valence-corrected chi connectivity index (χ2v) is 6.72. The van der Waals surface area contributed by atoms with Gasteiger partial charge in [0, 0.05) is 17.3 Å². The molecule has 2 heterocycles. The van der Waals surface area contributed by atoms with Crippen molar-refractivity contribution in [1.29, 1.82) is 0 Å². The number of hydrogen-bond acceptors (Lipinski definition) is 6. The Morgan fingerprint density at radius 1 is 1.11 bits per heavy atom. The lowest BCUT2D eigenvalue weighted by atomic mass is 10.1. The Labute approximate surface area is 165 Å². The molecule has 0 aliphatic rings. The normalized spacial score (nSPS) is 11.0. The molecule has 0 fully saturated rings. The molecule has 0 atom stereocenters. The first kappa shape index (κ1) is 17.7. The number of para-hydroxylation sites is 1. The zero-order valence-corrected chi connectivity index (χ0v) is 15.8. The van der Waals surface area contributed by atoms with Gasteiger partial charge in [0.2, 0.25) is 0 Å². The van der Waals surface area contributed by atoms with Crippen molar-refractivity contribution in [1.82, 2.24) is 24.8 Å². The van der Waals surface area contributed by atoms with Crippen LogP contribution in [-0.4, -0.2) is 31.5 Å². The maximum atomic E-state index is 12.2. The first-order valence-corrected chi connectivity index (χ1v) is 9.32. The lowest BCUT2D eigenvalue weighted by Crippen LogP contribution is -2.17. The minimum absolute atomic E-state index is 0.333. The monoisotopic (exact) mass is 388 g/mol. The standard InChI is InChI=1S/C20H16N6OS/c1-14-19(28-25-22-14)20(27)23-21-12-16-13-26(17-10-6-3-7-11-17)24-18(16)15-8-4-2-5-9-15/h2-13H,1H3,(H,23,27)/b21-12+. The van der Waals surface area contributed by atoms with Crippen LogP contribution in [-0.2, 0) is 0 Å². The van der Waals surface area contributed by atoms with Crippen molar-refractivity contribution < 1.29 is 4.79 Å². The maximum Gasteiger partial charge on any atom is 0.285 e. The third kappa shape index (κ3) is 3.72. The molecule has 0 bridgehead atoms. The molecule has 4 rings (SSSR count). The van der Waals surface area contributed by atoms with E-state index in [1.807, 2.05) is 66.9 Å². The number of carbonyl (C=O) groups excluding carboxylic acids is 1. The second-order valence-electron chi connectivity index (χ2n) is 5.97. The number of carbonyl (C=O) groups is 1. The van der Waals surface area contributed by atoms with E-state index in [-0.39, 0.29) is 5.91 Å². The van der Waals surface area contributed by atoms with Crippen molar-refractivity contribution >= 4 is 23.7 Å². The fourth-order valence-electron chi connectivity index (χ4n) is 2.67. The maximum absolute atomic E-state index is 12.2. The van der Waals surface area contributed by atoms with Gasteiger partial charge < -0.3 is 0 Å². The summed E-state index contributed by atoms with van der Waals surface area (Å²) in [7, 11) is 0. The first-order chi connectivity index (χ1) is 13.7. The van der Waals surface area contributed by atoms with Crippen molar-refractivity contribution in [3.8, 4) is 16.9 Å². The molecule has 2 aromatic heterocycles. The van der Waals surface area contributed by atoms with Crippen LogP contribution in [0, 0.1) is 6.92 Å². The fourth-order valence-corrected chi connectivity index (χ4v) is 3.21. The van der Waals surface area contributed by atoms with Crippen LogP contribution in [0.1, 0.15) is 20.9 Å². The van der Waals surface area contributed by atoms with E-state index < -0.39 is 0 Å². The highest BCUT2D eigenvalue weighted by atomic mass is 32.1. The summed E-state index contributed by atoms with van der Waals surface area (Å²) in [6.45, 7) is 1.74. The van der Waals surface area contributed by atoms with Crippen LogP contribution in [0.25, 0.3) is 16.9 Å². The Morgan fingerprint density at radius 2 is 1.82 bits per heavy atom. The number of benzene rings is 2. The van der Waals surface area contributed by atoms with Crippen molar-refractivity contribution in [2.24, 2.45) is 5.10 Å². The molecule has 138 valence electrons. The molecule has 0 saturated carbocycles. The van der Waals surface area contributed by atoms with Gasteiger partial charge in [0.1, 0.15) is 10.6 Å². The molecule has 0 spiro atoms. The molecule has 4 aromatic rings. The average Bonchev–Trinajstić information content (AvgIpc) is 3.36. The van der Waals surface area contributed by atoms with E-state index in [1.165, 1.54) is 0 Å². The van der Waals surface area contributed by atoms with Crippen LogP contribution in [0.3, 0.4) is 0 Å². The number of hydrazone groups is 1. The largest absolute Gasteiger partial charge is 0.285 e. The van der Waals surface area contributed by atoms with Crippen molar-refractivity contribution in [3.05, 3.63) is 83.0 Å². The van der Waals surface area contributed by atoms with Gasteiger partial charge in [-0.25, -0.2) is 10.1 Å². The molecule has 1 N–H and O–H groups in total.